The molecule has 0 fully saturated rings. The lowest BCUT2D eigenvalue weighted by molar-refractivity contribution is 0.102. The first-order valence-electron chi connectivity index (χ1n) is 8.16. The second kappa shape index (κ2) is 6.32. The summed E-state index contributed by atoms with van der Waals surface area (Å²) in [6, 6.07) is 15.6. The third-order valence-electron chi connectivity index (χ3n) is 4.22. The molecular formula is C19H17BN4O. The van der Waals surface area contributed by atoms with Gasteiger partial charge in [0, 0.05) is 35.0 Å². The number of nitrogens with one attached hydrogen (secondary N) is 3. The summed E-state index contributed by atoms with van der Waals surface area (Å²) in [4.78, 5) is 23.4. The number of anilines is 1. The summed E-state index contributed by atoms with van der Waals surface area (Å²) in [5.41, 5.74) is 5.33. The maximum atomic E-state index is 12.4. The largest absolute Gasteiger partial charge is 0.365 e. The Morgan fingerprint density at radius 2 is 2.00 bits per heavy atom. The average molecular weight is 328 g/mol. The van der Waals surface area contributed by atoms with Crippen molar-refractivity contribution in [2.24, 2.45) is 0 Å². The fraction of sp³-hybridized carbons (Fsp3) is 0.0526. The second-order valence-electron chi connectivity index (χ2n) is 6.10. The van der Waals surface area contributed by atoms with Crippen molar-refractivity contribution in [3.05, 3.63) is 77.9 Å². The summed E-state index contributed by atoms with van der Waals surface area (Å²) < 4.78 is 0. The number of H-pyrrole nitrogens is 2. The monoisotopic (exact) mass is 328 g/mol. The third kappa shape index (κ3) is 3.19. The van der Waals surface area contributed by atoms with Crippen LogP contribution in [0.5, 0.6) is 0 Å². The number of hydrogen-bond donors (Lipinski definition) is 3. The van der Waals surface area contributed by atoms with Crippen molar-refractivity contribution in [1.29, 1.82) is 0 Å². The van der Waals surface area contributed by atoms with Crippen molar-refractivity contribution >= 4 is 35.9 Å². The zero-order valence-electron chi connectivity index (χ0n) is 13.8. The molecule has 3 aromatic heterocycles. The van der Waals surface area contributed by atoms with Crippen molar-refractivity contribution in [3.8, 4) is 0 Å². The van der Waals surface area contributed by atoms with Gasteiger partial charge < -0.3 is 15.3 Å². The van der Waals surface area contributed by atoms with E-state index in [1.165, 1.54) is 0 Å². The number of benzene rings is 1. The van der Waals surface area contributed by atoms with Crippen LogP contribution in [-0.4, -0.2) is 28.7 Å². The SMILES string of the molecule is Bc1ccccc1C(=O)Nc1cnc2[nH]c(Cc3ccc[nH]3)cc2c1. The number of nitrogens with zero attached hydrogens (tertiary/aromatic N) is 1. The Balaban J connectivity index is 1.56. The van der Waals surface area contributed by atoms with Gasteiger partial charge in [-0.25, -0.2) is 4.98 Å². The molecule has 0 unspecified atom stereocenters. The van der Waals surface area contributed by atoms with E-state index in [1.54, 1.807) is 6.20 Å². The second-order valence-corrected chi connectivity index (χ2v) is 6.10. The van der Waals surface area contributed by atoms with Gasteiger partial charge in [-0.1, -0.05) is 29.7 Å². The van der Waals surface area contributed by atoms with E-state index in [9.17, 15) is 4.79 Å². The first kappa shape index (κ1) is 15.3. The van der Waals surface area contributed by atoms with Gasteiger partial charge in [0.25, 0.3) is 5.91 Å². The van der Waals surface area contributed by atoms with Crippen LogP contribution >= 0.6 is 0 Å². The molecule has 0 aliphatic rings. The Bertz CT molecular complexity index is 1040. The third-order valence-corrected chi connectivity index (χ3v) is 4.22. The molecule has 0 aliphatic heterocycles. The van der Waals surface area contributed by atoms with Crippen LogP contribution in [-0.2, 0) is 6.42 Å². The molecule has 1 amide bonds. The van der Waals surface area contributed by atoms with Gasteiger partial charge in [-0.15, -0.1) is 0 Å². The minimum atomic E-state index is -0.124. The number of fused-ring (bicyclic) bond motifs is 1. The Kier molecular flexibility index (Phi) is 3.86. The highest BCUT2D eigenvalue weighted by Crippen LogP contribution is 2.19. The highest BCUT2D eigenvalue weighted by molar-refractivity contribution is 6.37. The predicted octanol–water partition coefficient (Wildman–Crippen LogP) is 1.99. The molecule has 3 N–H and O–H groups in total. The lowest BCUT2D eigenvalue weighted by atomic mass is 9.90. The van der Waals surface area contributed by atoms with Crippen molar-refractivity contribution in [3.63, 3.8) is 0 Å². The first-order chi connectivity index (χ1) is 12.2. The van der Waals surface area contributed by atoms with Crippen LogP contribution in [0.15, 0.2) is 60.9 Å². The molecule has 1 aromatic carbocycles. The minimum absolute atomic E-state index is 0.124. The Hall–Kier alpha value is -3.28. The first-order valence-corrected chi connectivity index (χ1v) is 8.16. The lowest BCUT2D eigenvalue weighted by Crippen LogP contribution is -2.21. The summed E-state index contributed by atoms with van der Waals surface area (Å²) in [7, 11) is 1.93. The van der Waals surface area contributed by atoms with Crippen molar-refractivity contribution in [2.45, 2.75) is 6.42 Å². The van der Waals surface area contributed by atoms with Crippen molar-refractivity contribution in [2.75, 3.05) is 5.32 Å². The fourth-order valence-corrected chi connectivity index (χ4v) is 2.94. The van der Waals surface area contributed by atoms with E-state index in [-0.39, 0.29) is 5.91 Å². The summed E-state index contributed by atoms with van der Waals surface area (Å²) in [5, 5.41) is 3.90. The zero-order chi connectivity index (χ0) is 17.2. The number of rotatable bonds is 4. The molecule has 0 saturated carbocycles. The predicted molar refractivity (Wildman–Crippen MR) is 102 cm³/mol. The molecule has 0 aliphatic carbocycles. The van der Waals surface area contributed by atoms with Crippen LogP contribution in [0.1, 0.15) is 21.7 Å². The zero-order valence-corrected chi connectivity index (χ0v) is 13.8. The van der Waals surface area contributed by atoms with Crippen molar-refractivity contribution < 1.29 is 4.79 Å². The van der Waals surface area contributed by atoms with Gasteiger partial charge in [-0.2, -0.15) is 0 Å². The van der Waals surface area contributed by atoms with Gasteiger partial charge in [0.1, 0.15) is 13.5 Å². The van der Waals surface area contributed by atoms with Crippen LogP contribution in [0.25, 0.3) is 11.0 Å². The maximum Gasteiger partial charge on any atom is 0.255 e. The standard InChI is InChI=1S/C19H17BN4O/c20-17-6-2-1-5-16(17)19(25)24-15-9-12-8-14(23-18(12)22-11-15)10-13-4-3-7-21-13/h1-9,11,21H,10,20H2,(H,22,23)(H,24,25). The number of aromatic amines is 2. The molecule has 0 spiro atoms. The topological polar surface area (TPSA) is 73.6 Å². The van der Waals surface area contributed by atoms with Gasteiger partial charge in [0.05, 0.1) is 11.9 Å². The molecule has 0 saturated heterocycles. The van der Waals surface area contributed by atoms with E-state index < -0.39 is 0 Å². The quantitative estimate of drug-likeness (QED) is 0.501. The number of carbonyl (C=O) groups excluding carboxylic acids is 1. The molecule has 4 aromatic rings. The average Bonchev–Trinajstić information content (AvgIpc) is 3.24. The van der Waals surface area contributed by atoms with Crippen LogP contribution in [0.3, 0.4) is 0 Å². The van der Waals surface area contributed by atoms with Gasteiger partial charge in [-0.3, -0.25) is 4.79 Å². The number of pyridine rings is 1. The number of aromatic nitrogens is 3. The van der Waals surface area contributed by atoms with Crippen LogP contribution < -0.4 is 10.8 Å². The van der Waals surface area contributed by atoms with Crippen LogP contribution in [0, 0.1) is 0 Å². The molecule has 25 heavy (non-hydrogen) atoms. The van der Waals surface area contributed by atoms with E-state index in [4.69, 9.17) is 0 Å². The molecule has 5 nitrogen and oxygen atoms in total. The summed E-state index contributed by atoms with van der Waals surface area (Å²) >= 11 is 0. The van der Waals surface area contributed by atoms with E-state index in [0.29, 0.717) is 11.3 Å². The lowest BCUT2D eigenvalue weighted by Gasteiger charge is -2.07. The van der Waals surface area contributed by atoms with Gasteiger partial charge in [0.15, 0.2) is 0 Å². The molecule has 3 heterocycles. The summed E-state index contributed by atoms with van der Waals surface area (Å²) in [5.74, 6) is -0.124. The van der Waals surface area contributed by atoms with Crippen molar-refractivity contribution in [1.82, 2.24) is 15.0 Å². The highest BCUT2D eigenvalue weighted by Gasteiger charge is 2.10. The maximum absolute atomic E-state index is 12.4. The van der Waals surface area contributed by atoms with Crippen LogP contribution in [0.2, 0.25) is 0 Å². The number of carbonyl (C=O) groups is 1. The summed E-state index contributed by atoms with van der Waals surface area (Å²) in [6.07, 6.45) is 4.37. The molecule has 0 radical (unpaired) electrons. The van der Waals surface area contributed by atoms with E-state index in [0.717, 1.165) is 34.3 Å². The Morgan fingerprint density at radius 3 is 2.80 bits per heavy atom. The summed E-state index contributed by atoms with van der Waals surface area (Å²) in [6.45, 7) is 0. The van der Waals surface area contributed by atoms with Crippen LogP contribution in [0.4, 0.5) is 5.69 Å². The minimum Gasteiger partial charge on any atom is -0.365 e. The van der Waals surface area contributed by atoms with Gasteiger partial charge >= 0.3 is 0 Å². The van der Waals surface area contributed by atoms with E-state index >= 15 is 0 Å². The molecule has 0 atom stereocenters. The molecule has 6 heteroatoms. The Labute approximate surface area is 145 Å². The molecular weight excluding hydrogens is 311 g/mol. The molecule has 4 rings (SSSR count). The molecule has 122 valence electrons. The highest BCUT2D eigenvalue weighted by atomic mass is 16.1. The fourth-order valence-electron chi connectivity index (χ4n) is 2.94. The smallest absolute Gasteiger partial charge is 0.255 e. The number of amides is 1. The van der Waals surface area contributed by atoms with Gasteiger partial charge in [-0.05, 0) is 24.3 Å². The Morgan fingerprint density at radius 1 is 1.12 bits per heavy atom. The normalized spacial score (nSPS) is 10.9. The molecule has 0 bridgehead atoms. The number of hydrogen-bond acceptors (Lipinski definition) is 2. The van der Waals surface area contributed by atoms with E-state index in [1.807, 2.05) is 56.5 Å². The van der Waals surface area contributed by atoms with Gasteiger partial charge in [0.2, 0.25) is 0 Å². The van der Waals surface area contributed by atoms with E-state index in [2.05, 4.69) is 26.3 Å².